The molecule has 0 aliphatic heterocycles. The van der Waals surface area contributed by atoms with Gasteiger partial charge in [0.05, 0.1) is 12.0 Å². The first-order chi connectivity index (χ1) is 7.59. The summed E-state index contributed by atoms with van der Waals surface area (Å²) in [6.07, 6.45) is 3.20. The van der Waals surface area contributed by atoms with Gasteiger partial charge in [0.25, 0.3) is 5.56 Å². The largest absolute Gasteiger partial charge is 0.312 e. The minimum absolute atomic E-state index is 0.146. The van der Waals surface area contributed by atoms with Gasteiger partial charge in [-0.2, -0.15) is 5.10 Å². The molecule has 0 saturated heterocycles. The fourth-order valence-electron chi connectivity index (χ4n) is 1.30. The fourth-order valence-corrected chi connectivity index (χ4v) is 1.84. The number of aromatic amines is 1. The summed E-state index contributed by atoms with van der Waals surface area (Å²) in [6.45, 7) is 4.14. The van der Waals surface area contributed by atoms with E-state index in [-0.39, 0.29) is 5.56 Å². The Morgan fingerprint density at radius 1 is 1.50 bits per heavy atom. The van der Waals surface area contributed by atoms with Gasteiger partial charge in [0.1, 0.15) is 3.57 Å². The van der Waals surface area contributed by atoms with Gasteiger partial charge in [0.15, 0.2) is 5.82 Å². The van der Waals surface area contributed by atoms with Crippen LogP contribution in [0.2, 0.25) is 0 Å². The lowest BCUT2D eigenvalue weighted by Crippen LogP contribution is -2.15. The second-order valence-electron chi connectivity index (χ2n) is 3.71. The van der Waals surface area contributed by atoms with Crippen molar-refractivity contribution in [1.82, 2.24) is 19.7 Å². The highest BCUT2D eigenvalue weighted by atomic mass is 127. The van der Waals surface area contributed by atoms with E-state index >= 15 is 0 Å². The third-order valence-corrected chi connectivity index (χ3v) is 3.17. The van der Waals surface area contributed by atoms with Gasteiger partial charge in [0, 0.05) is 6.20 Å². The summed E-state index contributed by atoms with van der Waals surface area (Å²) >= 11 is 1.97. The van der Waals surface area contributed by atoms with Gasteiger partial charge < -0.3 is 4.98 Å². The Kier molecular flexibility index (Phi) is 3.08. The third kappa shape index (κ3) is 2.01. The minimum Gasteiger partial charge on any atom is -0.312 e. The van der Waals surface area contributed by atoms with Crippen molar-refractivity contribution in [1.29, 1.82) is 0 Å². The average Bonchev–Trinajstić information content (AvgIpc) is 2.71. The van der Waals surface area contributed by atoms with E-state index in [2.05, 4.69) is 28.9 Å². The highest BCUT2D eigenvalue weighted by Crippen LogP contribution is 2.14. The van der Waals surface area contributed by atoms with E-state index in [4.69, 9.17) is 0 Å². The molecule has 0 saturated carbocycles. The van der Waals surface area contributed by atoms with E-state index in [9.17, 15) is 4.79 Å². The molecule has 0 aliphatic rings. The lowest BCUT2D eigenvalue weighted by molar-refractivity contribution is 0.751. The third-order valence-electron chi connectivity index (χ3n) is 2.20. The molecule has 1 N–H and O–H groups in total. The van der Waals surface area contributed by atoms with E-state index in [1.165, 1.54) is 6.33 Å². The Bertz CT molecular complexity index is 558. The molecule has 0 amide bonds. The van der Waals surface area contributed by atoms with Gasteiger partial charge in [-0.25, -0.2) is 9.67 Å². The van der Waals surface area contributed by atoms with E-state index in [1.54, 1.807) is 4.68 Å². The summed E-state index contributed by atoms with van der Waals surface area (Å²) < 4.78 is 2.17. The van der Waals surface area contributed by atoms with E-state index in [0.717, 1.165) is 5.69 Å². The summed E-state index contributed by atoms with van der Waals surface area (Å²) in [5.74, 6) is 0.928. The molecule has 2 aromatic heterocycles. The van der Waals surface area contributed by atoms with E-state index in [1.807, 2.05) is 34.9 Å². The molecule has 6 heteroatoms. The van der Waals surface area contributed by atoms with Crippen LogP contribution >= 0.6 is 22.6 Å². The van der Waals surface area contributed by atoms with Crippen LogP contribution in [0.1, 0.15) is 25.5 Å². The van der Waals surface area contributed by atoms with Crippen molar-refractivity contribution in [2.24, 2.45) is 0 Å². The van der Waals surface area contributed by atoms with Gasteiger partial charge in [-0.15, -0.1) is 0 Å². The number of halogens is 1. The maximum Gasteiger partial charge on any atom is 0.266 e. The van der Waals surface area contributed by atoms with Crippen molar-refractivity contribution in [3.05, 3.63) is 38.2 Å². The maximum absolute atomic E-state index is 11.4. The molecule has 0 bridgehead atoms. The molecule has 0 radical (unpaired) electrons. The van der Waals surface area contributed by atoms with Crippen molar-refractivity contribution < 1.29 is 0 Å². The number of nitrogens with one attached hydrogen (secondary N) is 1. The van der Waals surface area contributed by atoms with E-state index < -0.39 is 0 Å². The Morgan fingerprint density at radius 3 is 2.88 bits per heavy atom. The van der Waals surface area contributed by atoms with Crippen molar-refractivity contribution in [3.8, 4) is 5.82 Å². The number of aromatic nitrogens is 4. The number of H-pyrrole nitrogens is 1. The maximum atomic E-state index is 11.4. The number of nitrogens with zero attached hydrogens (tertiary/aromatic N) is 3. The van der Waals surface area contributed by atoms with Crippen molar-refractivity contribution in [2.45, 2.75) is 19.8 Å². The van der Waals surface area contributed by atoms with Crippen LogP contribution in [0.3, 0.4) is 0 Å². The van der Waals surface area contributed by atoms with Crippen LogP contribution in [0.4, 0.5) is 0 Å². The normalized spacial score (nSPS) is 11.0. The molecule has 2 heterocycles. The van der Waals surface area contributed by atoms with Crippen molar-refractivity contribution >= 4 is 22.6 Å². The summed E-state index contributed by atoms with van der Waals surface area (Å²) in [4.78, 5) is 18.1. The summed E-state index contributed by atoms with van der Waals surface area (Å²) in [6, 6.07) is 1.93. The molecule has 2 aromatic rings. The minimum atomic E-state index is -0.146. The van der Waals surface area contributed by atoms with Crippen LogP contribution in [0, 0.1) is 3.57 Å². The standard InChI is InChI=1S/C10H11IN4O/c1-6(2)7-3-4-15(14-7)9-8(11)10(16)13-5-12-9/h3-6H,1-2H3,(H,12,13,16). The summed E-state index contributed by atoms with van der Waals surface area (Å²) in [5.41, 5.74) is 0.838. The lowest BCUT2D eigenvalue weighted by Gasteiger charge is -2.02. The quantitative estimate of drug-likeness (QED) is 0.853. The highest BCUT2D eigenvalue weighted by Gasteiger charge is 2.10. The molecule has 0 fully saturated rings. The lowest BCUT2D eigenvalue weighted by atomic mass is 10.1. The first kappa shape index (κ1) is 11.3. The smallest absolute Gasteiger partial charge is 0.266 e. The molecule has 0 atom stereocenters. The Balaban J connectivity index is 2.51. The van der Waals surface area contributed by atoms with Crippen LogP contribution in [0.5, 0.6) is 0 Å². The Morgan fingerprint density at radius 2 is 2.25 bits per heavy atom. The molecule has 16 heavy (non-hydrogen) atoms. The van der Waals surface area contributed by atoms with Crippen molar-refractivity contribution in [2.75, 3.05) is 0 Å². The van der Waals surface area contributed by atoms with Gasteiger partial charge in [-0.1, -0.05) is 13.8 Å². The summed E-state index contributed by atoms with van der Waals surface area (Å²) in [7, 11) is 0. The molecule has 84 valence electrons. The second-order valence-corrected chi connectivity index (χ2v) is 4.79. The summed E-state index contributed by atoms with van der Waals surface area (Å²) in [5, 5.41) is 4.38. The predicted octanol–water partition coefficient (Wildman–Crippen LogP) is 1.68. The number of hydrogen-bond acceptors (Lipinski definition) is 3. The predicted molar refractivity (Wildman–Crippen MR) is 68.8 cm³/mol. The van der Waals surface area contributed by atoms with Crippen LogP contribution < -0.4 is 5.56 Å². The first-order valence-corrected chi connectivity index (χ1v) is 5.96. The molecule has 5 nitrogen and oxygen atoms in total. The molecule has 0 aliphatic carbocycles. The molecule has 0 spiro atoms. The second kappa shape index (κ2) is 4.36. The monoisotopic (exact) mass is 330 g/mol. The van der Waals surface area contributed by atoms with Gasteiger partial charge >= 0.3 is 0 Å². The molecular weight excluding hydrogens is 319 g/mol. The molecule has 0 aromatic carbocycles. The number of hydrogen-bond donors (Lipinski definition) is 1. The Labute approximate surface area is 106 Å². The first-order valence-electron chi connectivity index (χ1n) is 4.88. The molecule has 0 unspecified atom stereocenters. The highest BCUT2D eigenvalue weighted by molar-refractivity contribution is 14.1. The van der Waals surface area contributed by atoms with Crippen LogP contribution in [0.25, 0.3) is 5.82 Å². The number of rotatable bonds is 2. The molecular formula is C10H11IN4O. The Hall–Kier alpha value is -1.18. The van der Waals surface area contributed by atoms with Crippen LogP contribution in [-0.2, 0) is 0 Å². The molecule has 2 rings (SSSR count). The van der Waals surface area contributed by atoms with Crippen molar-refractivity contribution in [3.63, 3.8) is 0 Å². The SMILES string of the molecule is CC(C)c1ccn(-c2nc[nH]c(=O)c2I)n1. The zero-order chi connectivity index (χ0) is 11.7. The van der Waals surface area contributed by atoms with Crippen LogP contribution in [-0.4, -0.2) is 19.7 Å². The van der Waals surface area contributed by atoms with Gasteiger partial charge in [-0.05, 0) is 34.6 Å². The fraction of sp³-hybridized carbons (Fsp3) is 0.300. The van der Waals surface area contributed by atoms with Gasteiger partial charge in [0.2, 0.25) is 0 Å². The van der Waals surface area contributed by atoms with Gasteiger partial charge in [-0.3, -0.25) is 4.79 Å². The topological polar surface area (TPSA) is 63.6 Å². The van der Waals surface area contributed by atoms with Crippen LogP contribution in [0.15, 0.2) is 23.4 Å². The van der Waals surface area contributed by atoms with E-state index in [0.29, 0.717) is 15.3 Å². The zero-order valence-electron chi connectivity index (χ0n) is 8.94. The average molecular weight is 330 g/mol. The zero-order valence-corrected chi connectivity index (χ0v) is 11.1.